The zero-order chi connectivity index (χ0) is 18.2. The SMILES string of the molecule is CCCCCC(O)(CCCCC)CCCNCCCc1ccccc1. The van der Waals surface area contributed by atoms with Crippen LogP contribution in [-0.4, -0.2) is 23.8 Å². The van der Waals surface area contributed by atoms with Crippen molar-refractivity contribution in [3.63, 3.8) is 0 Å². The van der Waals surface area contributed by atoms with Crippen LogP contribution >= 0.6 is 0 Å². The molecule has 2 N–H and O–H groups in total. The molecule has 0 aliphatic rings. The summed E-state index contributed by atoms with van der Waals surface area (Å²) in [6, 6.07) is 10.7. The van der Waals surface area contributed by atoms with Gasteiger partial charge in [-0.1, -0.05) is 82.7 Å². The highest BCUT2D eigenvalue weighted by Crippen LogP contribution is 2.27. The summed E-state index contributed by atoms with van der Waals surface area (Å²) in [5.41, 5.74) is 1.00. The molecule has 0 radical (unpaired) electrons. The number of rotatable bonds is 16. The van der Waals surface area contributed by atoms with Crippen LogP contribution in [0.1, 0.15) is 90.0 Å². The van der Waals surface area contributed by atoms with Crippen LogP contribution in [0.4, 0.5) is 0 Å². The Morgan fingerprint density at radius 1 is 0.760 bits per heavy atom. The maximum atomic E-state index is 11.0. The summed E-state index contributed by atoms with van der Waals surface area (Å²) in [6.07, 6.45) is 13.6. The molecule has 0 aliphatic carbocycles. The summed E-state index contributed by atoms with van der Waals surface area (Å²) in [4.78, 5) is 0. The molecular formula is C23H41NO. The van der Waals surface area contributed by atoms with E-state index in [2.05, 4.69) is 49.5 Å². The Bertz CT molecular complexity index is 394. The Labute approximate surface area is 156 Å². The standard InChI is InChI=1S/C23H41NO/c1-3-5-10-17-23(25,18-11-6-4-2)19-13-21-24-20-12-16-22-14-8-7-9-15-22/h7-9,14-15,24-25H,3-6,10-13,16-21H2,1-2H3. The number of benzene rings is 1. The summed E-state index contributed by atoms with van der Waals surface area (Å²) in [7, 11) is 0. The van der Waals surface area contributed by atoms with E-state index in [0.717, 1.165) is 45.2 Å². The highest BCUT2D eigenvalue weighted by Gasteiger charge is 2.24. The lowest BCUT2D eigenvalue weighted by Gasteiger charge is -2.28. The van der Waals surface area contributed by atoms with Crippen molar-refractivity contribution >= 4 is 0 Å². The maximum Gasteiger partial charge on any atom is 0.0648 e. The molecule has 0 heterocycles. The molecule has 0 aliphatic heterocycles. The van der Waals surface area contributed by atoms with Crippen LogP contribution in [0.3, 0.4) is 0 Å². The van der Waals surface area contributed by atoms with Crippen LogP contribution < -0.4 is 5.32 Å². The molecule has 0 atom stereocenters. The summed E-state index contributed by atoms with van der Waals surface area (Å²) >= 11 is 0. The lowest BCUT2D eigenvalue weighted by molar-refractivity contribution is 0.00795. The van der Waals surface area contributed by atoms with Crippen molar-refractivity contribution in [2.45, 2.75) is 96.5 Å². The zero-order valence-electron chi connectivity index (χ0n) is 16.7. The minimum absolute atomic E-state index is 0.421. The van der Waals surface area contributed by atoms with Gasteiger partial charge in [0.05, 0.1) is 5.60 Å². The van der Waals surface area contributed by atoms with Gasteiger partial charge in [0.25, 0.3) is 0 Å². The monoisotopic (exact) mass is 347 g/mol. The number of nitrogens with one attached hydrogen (secondary N) is 1. The molecule has 1 aromatic carbocycles. The summed E-state index contributed by atoms with van der Waals surface area (Å²) in [5.74, 6) is 0. The van der Waals surface area contributed by atoms with Gasteiger partial charge in [0.1, 0.15) is 0 Å². The Morgan fingerprint density at radius 3 is 1.92 bits per heavy atom. The van der Waals surface area contributed by atoms with Crippen LogP contribution in [0.5, 0.6) is 0 Å². The molecule has 1 aromatic rings. The first kappa shape index (κ1) is 22.2. The Hall–Kier alpha value is -0.860. The van der Waals surface area contributed by atoms with Crippen molar-refractivity contribution < 1.29 is 5.11 Å². The normalized spacial score (nSPS) is 11.8. The molecule has 0 fully saturated rings. The van der Waals surface area contributed by atoms with Crippen LogP contribution in [0, 0.1) is 0 Å². The van der Waals surface area contributed by atoms with Crippen LogP contribution in [0.25, 0.3) is 0 Å². The van der Waals surface area contributed by atoms with Gasteiger partial charge in [-0.25, -0.2) is 0 Å². The van der Waals surface area contributed by atoms with E-state index < -0.39 is 5.60 Å². The van der Waals surface area contributed by atoms with Crippen LogP contribution in [0.15, 0.2) is 30.3 Å². The minimum atomic E-state index is -0.421. The molecule has 0 amide bonds. The first-order valence-corrected chi connectivity index (χ1v) is 10.7. The molecule has 144 valence electrons. The second kappa shape index (κ2) is 14.3. The molecule has 0 aromatic heterocycles. The second-order valence-electron chi connectivity index (χ2n) is 7.58. The molecule has 0 bridgehead atoms. The predicted molar refractivity (Wildman–Crippen MR) is 110 cm³/mol. The lowest BCUT2D eigenvalue weighted by Crippen LogP contribution is -2.30. The van der Waals surface area contributed by atoms with E-state index in [1.54, 1.807) is 0 Å². The molecule has 2 heteroatoms. The van der Waals surface area contributed by atoms with Crippen molar-refractivity contribution in [3.8, 4) is 0 Å². The molecule has 0 unspecified atom stereocenters. The van der Waals surface area contributed by atoms with Gasteiger partial charge in [-0.15, -0.1) is 0 Å². The van der Waals surface area contributed by atoms with E-state index in [4.69, 9.17) is 0 Å². The quantitative estimate of drug-likeness (QED) is 0.366. The number of unbranched alkanes of at least 4 members (excludes halogenated alkanes) is 4. The third-order valence-electron chi connectivity index (χ3n) is 5.15. The summed E-state index contributed by atoms with van der Waals surface area (Å²) in [6.45, 7) is 6.56. The average molecular weight is 348 g/mol. The molecule has 0 saturated carbocycles. The highest BCUT2D eigenvalue weighted by molar-refractivity contribution is 5.14. The van der Waals surface area contributed by atoms with Gasteiger partial charge in [-0.3, -0.25) is 0 Å². The minimum Gasteiger partial charge on any atom is -0.390 e. The van der Waals surface area contributed by atoms with Gasteiger partial charge in [-0.2, -0.15) is 0 Å². The first-order valence-electron chi connectivity index (χ1n) is 10.7. The fourth-order valence-electron chi connectivity index (χ4n) is 3.51. The molecule has 25 heavy (non-hydrogen) atoms. The van der Waals surface area contributed by atoms with E-state index >= 15 is 0 Å². The zero-order valence-corrected chi connectivity index (χ0v) is 16.7. The van der Waals surface area contributed by atoms with Crippen molar-refractivity contribution in [1.29, 1.82) is 0 Å². The largest absolute Gasteiger partial charge is 0.390 e. The van der Waals surface area contributed by atoms with Crippen molar-refractivity contribution in [3.05, 3.63) is 35.9 Å². The van der Waals surface area contributed by atoms with Gasteiger partial charge < -0.3 is 10.4 Å². The summed E-state index contributed by atoms with van der Waals surface area (Å²) in [5, 5.41) is 14.5. The van der Waals surface area contributed by atoms with E-state index in [1.807, 2.05) is 0 Å². The number of hydrogen-bond acceptors (Lipinski definition) is 2. The number of hydrogen-bond donors (Lipinski definition) is 2. The van der Waals surface area contributed by atoms with Crippen molar-refractivity contribution in [2.75, 3.05) is 13.1 Å². The Balaban J connectivity index is 2.14. The van der Waals surface area contributed by atoms with E-state index in [1.165, 1.54) is 50.5 Å². The fraction of sp³-hybridized carbons (Fsp3) is 0.739. The molecular weight excluding hydrogens is 306 g/mol. The van der Waals surface area contributed by atoms with Gasteiger partial charge in [0.2, 0.25) is 0 Å². The number of aryl methyl sites for hydroxylation is 1. The maximum absolute atomic E-state index is 11.0. The van der Waals surface area contributed by atoms with Crippen LogP contribution in [0.2, 0.25) is 0 Å². The van der Waals surface area contributed by atoms with Gasteiger partial charge in [-0.05, 0) is 57.2 Å². The smallest absolute Gasteiger partial charge is 0.0648 e. The van der Waals surface area contributed by atoms with Crippen LogP contribution in [-0.2, 0) is 6.42 Å². The van der Waals surface area contributed by atoms with Gasteiger partial charge in [0, 0.05) is 0 Å². The Morgan fingerprint density at radius 2 is 1.32 bits per heavy atom. The van der Waals surface area contributed by atoms with E-state index in [-0.39, 0.29) is 0 Å². The topological polar surface area (TPSA) is 32.3 Å². The van der Waals surface area contributed by atoms with E-state index in [9.17, 15) is 5.11 Å². The lowest BCUT2D eigenvalue weighted by atomic mass is 9.86. The molecule has 2 nitrogen and oxygen atoms in total. The highest BCUT2D eigenvalue weighted by atomic mass is 16.3. The van der Waals surface area contributed by atoms with Crippen molar-refractivity contribution in [1.82, 2.24) is 5.32 Å². The number of aliphatic hydroxyl groups is 1. The summed E-state index contributed by atoms with van der Waals surface area (Å²) < 4.78 is 0. The van der Waals surface area contributed by atoms with Gasteiger partial charge in [0.15, 0.2) is 0 Å². The molecule has 1 rings (SSSR count). The average Bonchev–Trinajstić information content (AvgIpc) is 2.62. The fourth-order valence-corrected chi connectivity index (χ4v) is 3.51. The third kappa shape index (κ3) is 11.4. The van der Waals surface area contributed by atoms with Gasteiger partial charge >= 0.3 is 0 Å². The third-order valence-corrected chi connectivity index (χ3v) is 5.15. The second-order valence-corrected chi connectivity index (χ2v) is 7.58. The van der Waals surface area contributed by atoms with E-state index in [0.29, 0.717) is 0 Å². The molecule has 0 spiro atoms. The Kier molecular flexibility index (Phi) is 12.7. The molecule has 0 saturated heterocycles. The van der Waals surface area contributed by atoms with Crippen molar-refractivity contribution in [2.24, 2.45) is 0 Å². The predicted octanol–water partition coefficient (Wildman–Crippen LogP) is 5.88. The first-order chi connectivity index (χ1) is 12.2.